The van der Waals surface area contributed by atoms with Gasteiger partial charge in [0, 0.05) is 24.0 Å². The van der Waals surface area contributed by atoms with Crippen LogP contribution in [0.4, 0.5) is 5.69 Å². The molecule has 2 nitrogen and oxygen atoms in total. The molecule has 1 aromatic carbocycles. The molecule has 0 bridgehead atoms. The molecule has 0 aromatic heterocycles. The van der Waals surface area contributed by atoms with Gasteiger partial charge in [0.2, 0.25) is 0 Å². The molecular formula is C16H28N2S. The minimum atomic E-state index is 0.260. The first-order chi connectivity index (χ1) is 9.11. The monoisotopic (exact) mass is 280 g/mol. The van der Waals surface area contributed by atoms with Gasteiger partial charge < -0.3 is 11.1 Å². The van der Waals surface area contributed by atoms with Crippen LogP contribution in [0.1, 0.15) is 45.6 Å². The molecule has 0 heterocycles. The van der Waals surface area contributed by atoms with E-state index in [0.717, 1.165) is 18.7 Å². The van der Waals surface area contributed by atoms with Crippen LogP contribution in [0, 0.1) is 0 Å². The standard InChI is InChI=1S/C16H28N2S/c1-4-5-6-15(17)11-18-16-9-7-14(8-10-16)12-19-13(2)3/h7-10,13,15,18H,4-6,11-12,17H2,1-3H3. The fourth-order valence-electron chi connectivity index (χ4n) is 1.80. The molecule has 0 aliphatic rings. The van der Waals surface area contributed by atoms with Crippen molar-refractivity contribution in [2.75, 3.05) is 11.9 Å². The Morgan fingerprint density at radius 2 is 1.89 bits per heavy atom. The van der Waals surface area contributed by atoms with Crippen molar-refractivity contribution < 1.29 is 0 Å². The average Bonchev–Trinajstić information content (AvgIpc) is 2.41. The lowest BCUT2D eigenvalue weighted by Crippen LogP contribution is -2.28. The fraction of sp³-hybridized carbons (Fsp3) is 0.625. The van der Waals surface area contributed by atoms with E-state index in [1.54, 1.807) is 0 Å². The molecule has 0 aliphatic carbocycles. The summed E-state index contributed by atoms with van der Waals surface area (Å²) in [6.07, 6.45) is 3.54. The molecule has 0 radical (unpaired) electrons. The van der Waals surface area contributed by atoms with Crippen LogP contribution in [0.15, 0.2) is 24.3 Å². The maximum absolute atomic E-state index is 6.05. The largest absolute Gasteiger partial charge is 0.383 e. The minimum Gasteiger partial charge on any atom is -0.383 e. The third kappa shape index (κ3) is 7.48. The quantitative estimate of drug-likeness (QED) is 0.710. The van der Waals surface area contributed by atoms with Gasteiger partial charge >= 0.3 is 0 Å². The van der Waals surface area contributed by atoms with E-state index in [1.807, 2.05) is 11.8 Å². The van der Waals surface area contributed by atoms with Crippen molar-refractivity contribution >= 4 is 17.4 Å². The van der Waals surface area contributed by atoms with Crippen LogP contribution < -0.4 is 11.1 Å². The molecule has 0 spiro atoms. The fourth-order valence-corrected chi connectivity index (χ4v) is 2.52. The van der Waals surface area contributed by atoms with Crippen LogP contribution in [0.25, 0.3) is 0 Å². The lowest BCUT2D eigenvalue weighted by molar-refractivity contribution is 0.596. The summed E-state index contributed by atoms with van der Waals surface area (Å²) in [5, 5.41) is 4.10. The molecule has 19 heavy (non-hydrogen) atoms. The Bertz CT molecular complexity index is 335. The number of nitrogens with one attached hydrogen (secondary N) is 1. The highest BCUT2D eigenvalue weighted by Crippen LogP contribution is 2.18. The summed E-state index contributed by atoms with van der Waals surface area (Å²) in [6, 6.07) is 8.98. The summed E-state index contributed by atoms with van der Waals surface area (Å²) in [5.74, 6) is 1.09. The molecule has 3 N–H and O–H groups in total. The first kappa shape index (κ1) is 16.4. The molecule has 0 amide bonds. The van der Waals surface area contributed by atoms with Gasteiger partial charge in [0.1, 0.15) is 0 Å². The van der Waals surface area contributed by atoms with Gasteiger partial charge in [0.15, 0.2) is 0 Å². The SMILES string of the molecule is CCCCC(N)CNc1ccc(CSC(C)C)cc1. The highest BCUT2D eigenvalue weighted by Gasteiger charge is 2.02. The smallest absolute Gasteiger partial charge is 0.0340 e. The van der Waals surface area contributed by atoms with Crippen molar-refractivity contribution in [3.8, 4) is 0 Å². The van der Waals surface area contributed by atoms with E-state index in [9.17, 15) is 0 Å². The van der Waals surface area contributed by atoms with Crippen molar-refractivity contribution in [1.82, 2.24) is 0 Å². The Labute approximate surface area is 122 Å². The van der Waals surface area contributed by atoms with Crippen LogP contribution in [0.3, 0.4) is 0 Å². The zero-order valence-electron chi connectivity index (χ0n) is 12.5. The maximum Gasteiger partial charge on any atom is 0.0340 e. The number of thioether (sulfide) groups is 1. The minimum absolute atomic E-state index is 0.260. The Morgan fingerprint density at radius 1 is 1.21 bits per heavy atom. The van der Waals surface area contributed by atoms with Crippen molar-refractivity contribution in [3.05, 3.63) is 29.8 Å². The molecule has 0 saturated carbocycles. The van der Waals surface area contributed by atoms with Gasteiger partial charge in [-0.3, -0.25) is 0 Å². The Hall–Kier alpha value is -0.670. The van der Waals surface area contributed by atoms with E-state index in [1.165, 1.54) is 24.1 Å². The molecule has 1 unspecified atom stereocenters. The van der Waals surface area contributed by atoms with Crippen LogP contribution in [0.2, 0.25) is 0 Å². The van der Waals surface area contributed by atoms with Gasteiger partial charge in [-0.2, -0.15) is 11.8 Å². The Balaban J connectivity index is 2.31. The molecule has 108 valence electrons. The summed E-state index contributed by atoms with van der Waals surface area (Å²) in [5.41, 5.74) is 8.61. The normalized spacial score (nSPS) is 12.7. The molecule has 1 atom stereocenters. The Morgan fingerprint density at radius 3 is 2.47 bits per heavy atom. The lowest BCUT2D eigenvalue weighted by atomic mass is 10.1. The highest BCUT2D eigenvalue weighted by atomic mass is 32.2. The summed E-state index contributed by atoms with van der Waals surface area (Å²) in [6.45, 7) is 7.53. The van der Waals surface area contributed by atoms with E-state index < -0.39 is 0 Å². The van der Waals surface area contributed by atoms with Gasteiger partial charge in [0.25, 0.3) is 0 Å². The highest BCUT2D eigenvalue weighted by molar-refractivity contribution is 7.99. The van der Waals surface area contributed by atoms with Crippen molar-refractivity contribution in [1.29, 1.82) is 0 Å². The molecule has 1 aromatic rings. The van der Waals surface area contributed by atoms with Gasteiger partial charge in [-0.25, -0.2) is 0 Å². The summed E-state index contributed by atoms with van der Waals surface area (Å²) in [7, 11) is 0. The number of unbranched alkanes of at least 4 members (excludes halogenated alkanes) is 1. The number of benzene rings is 1. The molecule has 1 rings (SSSR count). The van der Waals surface area contributed by atoms with E-state index in [0.29, 0.717) is 5.25 Å². The van der Waals surface area contributed by atoms with Gasteiger partial charge in [0.05, 0.1) is 0 Å². The predicted octanol–water partition coefficient (Wildman–Crippen LogP) is 4.26. The van der Waals surface area contributed by atoms with Crippen LogP contribution >= 0.6 is 11.8 Å². The third-order valence-electron chi connectivity index (χ3n) is 3.03. The second-order valence-corrected chi connectivity index (χ2v) is 6.90. The van der Waals surface area contributed by atoms with E-state index in [-0.39, 0.29) is 6.04 Å². The van der Waals surface area contributed by atoms with E-state index in [2.05, 4.69) is 50.4 Å². The third-order valence-corrected chi connectivity index (χ3v) is 4.20. The van der Waals surface area contributed by atoms with Crippen molar-refractivity contribution in [2.24, 2.45) is 5.73 Å². The van der Waals surface area contributed by atoms with Gasteiger partial charge in [-0.05, 0) is 29.4 Å². The first-order valence-corrected chi connectivity index (χ1v) is 8.36. The maximum atomic E-state index is 6.05. The molecule has 0 fully saturated rings. The Kier molecular flexibility index (Phi) is 7.99. The van der Waals surface area contributed by atoms with Crippen LogP contribution in [-0.4, -0.2) is 17.8 Å². The molecular weight excluding hydrogens is 252 g/mol. The summed E-state index contributed by atoms with van der Waals surface area (Å²) < 4.78 is 0. The predicted molar refractivity (Wildman–Crippen MR) is 88.9 cm³/mol. The summed E-state index contributed by atoms with van der Waals surface area (Å²) in [4.78, 5) is 0. The number of rotatable bonds is 9. The zero-order valence-corrected chi connectivity index (χ0v) is 13.3. The second kappa shape index (κ2) is 9.27. The van der Waals surface area contributed by atoms with Crippen LogP contribution in [-0.2, 0) is 5.75 Å². The number of hydrogen-bond acceptors (Lipinski definition) is 3. The van der Waals surface area contributed by atoms with Crippen molar-refractivity contribution in [3.63, 3.8) is 0 Å². The summed E-state index contributed by atoms with van der Waals surface area (Å²) >= 11 is 1.98. The van der Waals surface area contributed by atoms with E-state index in [4.69, 9.17) is 5.73 Å². The van der Waals surface area contributed by atoms with Crippen molar-refractivity contribution in [2.45, 2.75) is 57.1 Å². The molecule has 3 heteroatoms. The number of anilines is 1. The first-order valence-electron chi connectivity index (χ1n) is 7.31. The molecule has 0 saturated heterocycles. The number of nitrogens with two attached hydrogens (primary N) is 1. The number of hydrogen-bond donors (Lipinski definition) is 2. The zero-order chi connectivity index (χ0) is 14.1. The van der Waals surface area contributed by atoms with Gasteiger partial charge in [-0.1, -0.05) is 45.7 Å². The average molecular weight is 280 g/mol. The van der Waals surface area contributed by atoms with Crippen LogP contribution in [0.5, 0.6) is 0 Å². The lowest BCUT2D eigenvalue weighted by Gasteiger charge is -2.13. The second-order valence-electron chi connectivity index (χ2n) is 5.34. The molecule has 0 aliphatic heterocycles. The van der Waals surface area contributed by atoms with Gasteiger partial charge in [-0.15, -0.1) is 0 Å². The van der Waals surface area contributed by atoms with E-state index >= 15 is 0 Å². The topological polar surface area (TPSA) is 38.0 Å².